The van der Waals surface area contributed by atoms with Crippen LogP contribution in [0, 0.1) is 20.8 Å². The smallest absolute Gasteiger partial charge is 0.327 e. The Labute approximate surface area is 103 Å². The summed E-state index contributed by atoms with van der Waals surface area (Å²) in [4.78, 5) is 13.7. The molecule has 0 aromatic heterocycles. The first kappa shape index (κ1) is 13.7. The van der Waals surface area contributed by atoms with Gasteiger partial charge in [0, 0.05) is 0 Å². The van der Waals surface area contributed by atoms with Crippen molar-refractivity contribution < 1.29 is 9.53 Å². The zero-order chi connectivity index (χ0) is 13.2. The Morgan fingerprint density at radius 3 is 2.24 bits per heavy atom. The van der Waals surface area contributed by atoms with Gasteiger partial charge in [0.1, 0.15) is 6.04 Å². The summed E-state index contributed by atoms with van der Waals surface area (Å²) in [6, 6.07) is 3.73. The van der Waals surface area contributed by atoms with Gasteiger partial charge in [-0.15, -0.1) is 0 Å². The van der Waals surface area contributed by atoms with Crippen LogP contribution in [0.1, 0.15) is 28.3 Å². The van der Waals surface area contributed by atoms with E-state index in [2.05, 4.69) is 26.8 Å². The first-order chi connectivity index (χ1) is 7.90. The van der Waals surface area contributed by atoms with Gasteiger partial charge in [-0.05, 0) is 57.1 Å². The van der Waals surface area contributed by atoms with Crippen LogP contribution in [0.4, 0.5) is 0 Å². The van der Waals surface area contributed by atoms with Crippen LogP contribution >= 0.6 is 0 Å². The molecule has 0 amide bonds. The second-order valence-electron chi connectivity index (χ2n) is 4.61. The molecule has 0 aliphatic carbocycles. The van der Waals surface area contributed by atoms with Crippen molar-refractivity contribution in [3.05, 3.63) is 34.4 Å². The molecule has 0 radical (unpaired) electrons. The van der Waals surface area contributed by atoms with Crippen molar-refractivity contribution >= 4 is 5.97 Å². The van der Waals surface area contributed by atoms with Gasteiger partial charge in [0.15, 0.2) is 0 Å². The Hall–Kier alpha value is -1.35. The van der Waals surface area contributed by atoms with Crippen molar-refractivity contribution in [2.75, 3.05) is 21.2 Å². The predicted molar refractivity (Wildman–Crippen MR) is 69.1 cm³/mol. The number of carbonyl (C=O) groups excluding carboxylic acids is 1. The topological polar surface area (TPSA) is 29.5 Å². The highest BCUT2D eigenvalue weighted by Crippen LogP contribution is 2.26. The Bertz CT molecular complexity index is 424. The molecule has 1 aromatic carbocycles. The van der Waals surface area contributed by atoms with Crippen LogP contribution in [-0.4, -0.2) is 32.1 Å². The van der Waals surface area contributed by atoms with E-state index >= 15 is 0 Å². The molecular formula is C14H21NO2. The van der Waals surface area contributed by atoms with Crippen LogP contribution in [0.15, 0.2) is 12.1 Å². The number of hydrogen-bond acceptors (Lipinski definition) is 3. The lowest BCUT2D eigenvalue weighted by molar-refractivity contribution is -0.146. The van der Waals surface area contributed by atoms with E-state index in [-0.39, 0.29) is 12.0 Å². The molecule has 1 aromatic rings. The fourth-order valence-corrected chi connectivity index (χ4v) is 2.00. The number of ether oxygens (including phenoxy) is 1. The van der Waals surface area contributed by atoms with Crippen molar-refractivity contribution in [3.8, 4) is 0 Å². The van der Waals surface area contributed by atoms with Gasteiger partial charge in [-0.2, -0.15) is 0 Å². The van der Waals surface area contributed by atoms with Crippen LogP contribution in [0.25, 0.3) is 0 Å². The minimum Gasteiger partial charge on any atom is -0.468 e. The molecule has 94 valence electrons. The average molecular weight is 235 g/mol. The van der Waals surface area contributed by atoms with E-state index in [0.29, 0.717) is 0 Å². The maximum Gasteiger partial charge on any atom is 0.327 e. The third kappa shape index (κ3) is 2.67. The summed E-state index contributed by atoms with van der Waals surface area (Å²) in [7, 11) is 5.20. The molecule has 17 heavy (non-hydrogen) atoms. The summed E-state index contributed by atoms with van der Waals surface area (Å²) in [5, 5.41) is 0. The monoisotopic (exact) mass is 235 g/mol. The lowest BCUT2D eigenvalue weighted by atomic mass is 9.94. The van der Waals surface area contributed by atoms with Crippen LogP contribution in [0.2, 0.25) is 0 Å². The highest BCUT2D eigenvalue weighted by molar-refractivity contribution is 5.78. The SMILES string of the molecule is COC(=O)C(c1ccc(C)c(C)c1C)N(C)C. The molecule has 0 saturated carbocycles. The summed E-state index contributed by atoms with van der Waals surface area (Å²) in [5.41, 5.74) is 4.66. The minimum atomic E-state index is -0.334. The second-order valence-corrected chi connectivity index (χ2v) is 4.61. The van der Waals surface area contributed by atoms with Crippen molar-refractivity contribution in [2.24, 2.45) is 0 Å². The number of aryl methyl sites for hydroxylation is 1. The number of likely N-dealkylation sites (N-methyl/N-ethyl adjacent to an activating group) is 1. The molecule has 0 fully saturated rings. The molecule has 1 rings (SSSR count). The maximum absolute atomic E-state index is 11.8. The van der Waals surface area contributed by atoms with Gasteiger partial charge < -0.3 is 4.74 Å². The molecule has 0 heterocycles. The average Bonchev–Trinajstić information content (AvgIpc) is 2.28. The van der Waals surface area contributed by atoms with Crippen molar-refractivity contribution in [1.29, 1.82) is 0 Å². The number of methoxy groups -OCH3 is 1. The largest absolute Gasteiger partial charge is 0.468 e. The quantitative estimate of drug-likeness (QED) is 0.753. The minimum absolute atomic E-state index is 0.221. The fraction of sp³-hybridized carbons (Fsp3) is 0.500. The highest BCUT2D eigenvalue weighted by Gasteiger charge is 2.25. The highest BCUT2D eigenvalue weighted by atomic mass is 16.5. The summed E-state index contributed by atoms with van der Waals surface area (Å²) >= 11 is 0. The predicted octanol–water partition coefficient (Wildman–Crippen LogP) is 2.39. The van der Waals surface area contributed by atoms with Gasteiger partial charge in [-0.25, -0.2) is 4.79 Å². The van der Waals surface area contributed by atoms with Gasteiger partial charge in [-0.3, -0.25) is 4.90 Å². The van der Waals surface area contributed by atoms with E-state index in [1.165, 1.54) is 18.2 Å². The van der Waals surface area contributed by atoms with E-state index in [9.17, 15) is 4.79 Å². The first-order valence-electron chi connectivity index (χ1n) is 5.71. The maximum atomic E-state index is 11.8. The molecule has 0 spiro atoms. The van der Waals surface area contributed by atoms with Crippen LogP contribution in [-0.2, 0) is 9.53 Å². The van der Waals surface area contributed by atoms with Crippen LogP contribution in [0.3, 0.4) is 0 Å². The van der Waals surface area contributed by atoms with Crippen molar-refractivity contribution in [3.63, 3.8) is 0 Å². The molecule has 0 saturated heterocycles. The number of benzene rings is 1. The third-order valence-electron chi connectivity index (χ3n) is 3.34. The molecule has 0 N–H and O–H groups in total. The first-order valence-corrected chi connectivity index (χ1v) is 5.71. The van der Waals surface area contributed by atoms with Gasteiger partial charge in [0.25, 0.3) is 0 Å². The molecule has 3 nitrogen and oxygen atoms in total. The van der Waals surface area contributed by atoms with E-state index < -0.39 is 0 Å². The number of nitrogens with zero attached hydrogens (tertiary/aromatic N) is 1. The van der Waals surface area contributed by atoms with Crippen molar-refractivity contribution in [2.45, 2.75) is 26.8 Å². The zero-order valence-electron chi connectivity index (χ0n) is 11.5. The Morgan fingerprint density at radius 1 is 1.18 bits per heavy atom. The number of esters is 1. The van der Waals surface area contributed by atoms with E-state index in [1.54, 1.807) is 0 Å². The van der Waals surface area contributed by atoms with Gasteiger partial charge in [0.2, 0.25) is 0 Å². The molecule has 1 unspecified atom stereocenters. The molecule has 3 heteroatoms. The lowest BCUT2D eigenvalue weighted by Crippen LogP contribution is -2.29. The van der Waals surface area contributed by atoms with Gasteiger partial charge >= 0.3 is 5.97 Å². The summed E-state index contributed by atoms with van der Waals surface area (Å²) in [6.07, 6.45) is 0. The Morgan fingerprint density at radius 2 is 1.76 bits per heavy atom. The lowest BCUT2D eigenvalue weighted by Gasteiger charge is -2.24. The number of carbonyl (C=O) groups is 1. The third-order valence-corrected chi connectivity index (χ3v) is 3.34. The van der Waals surface area contributed by atoms with Crippen molar-refractivity contribution in [1.82, 2.24) is 4.90 Å². The molecule has 1 atom stereocenters. The van der Waals surface area contributed by atoms with Crippen LogP contribution in [0.5, 0.6) is 0 Å². The standard InChI is InChI=1S/C14H21NO2/c1-9-7-8-12(11(3)10(9)2)13(15(4)5)14(16)17-6/h7-8,13H,1-6H3. The number of hydrogen-bond donors (Lipinski definition) is 0. The summed E-state index contributed by atoms with van der Waals surface area (Å²) < 4.78 is 4.87. The zero-order valence-corrected chi connectivity index (χ0v) is 11.5. The Kier molecular flexibility index (Phi) is 4.29. The van der Waals surface area contributed by atoms with Crippen LogP contribution < -0.4 is 0 Å². The molecule has 0 aliphatic heterocycles. The molecular weight excluding hydrogens is 214 g/mol. The van der Waals surface area contributed by atoms with Gasteiger partial charge in [0.05, 0.1) is 7.11 Å². The van der Waals surface area contributed by atoms with E-state index in [0.717, 1.165) is 11.1 Å². The second kappa shape index (κ2) is 5.32. The molecule has 0 bridgehead atoms. The summed E-state index contributed by atoms with van der Waals surface area (Å²) in [5.74, 6) is -0.221. The fourth-order valence-electron chi connectivity index (χ4n) is 2.00. The number of rotatable bonds is 3. The normalized spacial score (nSPS) is 12.6. The van der Waals surface area contributed by atoms with E-state index in [4.69, 9.17) is 4.74 Å². The van der Waals surface area contributed by atoms with Gasteiger partial charge in [-0.1, -0.05) is 12.1 Å². The van der Waals surface area contributed by atoms with E-state index in [1.807, 2.05) is 25.1 Å². The molecule has 0 aliphatic rings. The Balaban J connectivity index is 3.29. The summed E-state index contributed by atoms with van der Waals surface area (Å²) in [6.45, 7) is 6.21.